The molecule has 2 fully saturated rings. The summed E-state index contributed by atoms with van der Waals surface area (Å²) in [6.45, 7) is 5.49. The van der Waals surface area contributed by atoms with Crippen LogP contribution in [0.2, 0.25) is 0 Å². The van der Waals surface area contributed by atoms with E-state index in [1.165, 1.54) is 42.9 Å². The Labute approximate surface area is 666 Å². The molecule has 0 radical (unpaired) electrons. The molecule has 0 spiro atoms. The van der Waals surface area contributed by atoms with Crippen molar-refractivity contribution in [3.05, 3.63) is 143 Å². The number of methoxy groups -OCH3 is 1. The van der Waals surface area contributed by atoms with Gasteiger partial charge in [-0.25, -0.2) is 4.39 Å². The van der Waals surface area contributed by atoms with E-state index in [0.29, 0.717) is 96.1 Å². The Kier molecular flexibility index (Phi) is 31.5. The zero-order chi connectivity index (χ0) is 81.1. The summed E-state index contributed by atoms with van der Waals surface area (Å²) in [5.41, 5.74) is 3.55. The Morgan fingerprint density at radius 3 is 2.19 bits per heavy atom. The smallest absolute Gasteiger partial charge is 0.246 e. The van der Waals surface area contributed by atoms with Gasteiger partial charge in [0.15, 0.2) is 5.78 Å². The maximum absolute atomic E-state index is 16.3. The summed E-state index contributed by atoms with van der Waals surface area (Å²) in [5.74, 6) is -9.76. The third-order valence-corrected chi connectivity index (χ3v) is 22.2. The summed E-state index contributed by atoms with van der Waals surface area (Å²) in [5, 5.41) is 34.7. The van der Waals surface area contributed by atoms with Crippen LogP contribution in [0.4, 0.5) is 4.39 Å². The number of ether oxygens (including phenoxy) is 3. The summed E-state index contributed by atoms with van der Waals surface area (Å²) in [6.07, 6.45) is 1.84. The maximum Gasteiger partial charge on any atom is 0.246 e. The number of aryl methyl sites for hydroxylation is 1. The molecular weight excluding hydrogens is 1460 g/mol. The molecule has 1 aromatic heterocycles. The van der Waals surface area contributed by atoms with Crippen LogP contribution in [0.3, 0.4) is 0 Å². The molecule has 10 rings (SSSR count). The van der Waals surface area contributed by atoms with Crippen molar-refractivity contribution in [3.8, 4) is 5.75 Å². The number of amides is 10. The molecule has 5 aliphatic rings. The van der Waals surface area contributed by atoms with E-state index in [-0.39, 0.29) is 117 Å². The third-order valence-electron chi connectivity index (χ3n) is 22.2. The number of quaternary nitrogens is 1. The van der Waals surface area contributed by atoms with Gasteiger partial charge in [0.2, 0.25) is 59.1 Å². The summed E-state index contributed by atoms with van der Waals surface area (Å²) < 4.78 is 36.6. The van der Waals surface area contributed by atoms with Crippen molar-refractivity contribution in [2.45, 2.75) is 223 Å². The molecule has 29 heteroatoms. The van der Waals surface area contributed by atoms with Gasteiger partial charge in [-0.15, -0.1) is 0 Å². The lowest BCUT2D eigenvalue weighted by Crippen LogP contribution is -2.63. The largest absolute Gasteiger partial charge is 0.497 e. The highest BCUT2D eigenvalue weighted by atomic mass is 19.1. The Morgan fingerprint density at radius 2 is 1.43 bits per heavy atom. The van der Waals surface area contributed by atoms with Crippen LogP contribution in [0.15, 0.2) is 91.1 Å². The molecule has 0 unspecified atom stereocenters. The van der Waals surface area contributed by atoms with Crippen molar-refractivity contribution in [1.29, 1.82) is 0 Å². The fourth-order valence-electron chi connectivity index (χ4n) is 15.7. The number of halogens is 1. The number of carbonyl (C=O) groups is 12. The monoisotopic (exact) mass is 1580 g/mol. The quantitative estimate of drug-likeness (QED) is 0.0436. The molecule has 11 bridgehead atoms. The fourth-order valence-corrected chi connectivity index (χ4v) is 15.7. The first kappa shape index (κ1) is 88.0. The van der Waals surface area contributed by atoms with Crippen molar-refractivity contribution in [2.24, 2.45) is 5.92 Å². The molecule has 6 heterocycles. The molecule has 618 valence electrons. The lowest BCUT2D eigenvalue weighted by Gasteiger charge is -2.37. The van der Waals surface area contributed by atoms with Gasteiger partial charge in [-0.2, -0.15) is 0 Å². The van der Waals surface area contributed by atoms with Gasteiger partial charge in [0.25, 0.3) is 0 Å². The number of aromatic nitrogens is 1. The van der Waals surface area contributed by atoms with Crippen LogP contribution in [0, 0.1) is 19.2 Å². The lowest BCUT2D eigenvalue weighted by atomic mass is 9.88. The minimum absolute atomic E-state index is 0. The van der Waals surface area contributed by atoms with Crippen LogP contribution in [0.5, 0.6) is 5.75 Å². The van der Waals surface area contributed by atoms with Gasteiger partial charge in [-0.1, -0.05) is 54.6 Å². The number of nitrogens with one attached hydrogen (secondary N) is 8. The van der Waals surface area contributed by atoms with Gasteiger partial charge < -0.3 is 88.1 Å². The molecule has 114 heavy (non-hydrogen) atoms. The van der Waals surface area contributed by atoms with E-state index in [1.807, 2.05) is 22.8 Å². The first-order valence-corrected chi connectivity index (χ1v) is 39.8. The number of hydrogen-bond acceptors (Lipinski definition) is 16. The van der Waals surface area contributed by atoms with Crippen LogP contribution in [0.1, 0.15) is 156 Å². The molecule has 2 saturated heterocycles. The lowest BCUT2D eigenvalue weighted by molar-refractivity contribution is -0.870. The first-order chi connectivity index (χ1) is 54.0. The second-order valence-corrected chi connectivity index (χ2v) is 32.0. The number of ketones is 2. The van der Waals surface area contributed by atoms with Crippen LogP contribution < -0.4 is 47.3 Å². The molecule has 0 aliphatic carbocycles. The van der Waals surface area contributed by atoms with Crippen molar-refractivity contribution in [2.75, 3.05) is 67.6 Å². The van der Waals surface area contributed by atoms with Gasteiger partial charge in [-0.3, -0.25) is 57.5 Å². The molecule has 0 saturated carbocycles. The SMILES string of the molecule is COc1ccc(C[C@@H]2NC(=O)[C@H]([C@@H](C)O)NC(=O)[C@@H]3[C@@H]4CCN3C(=O)[C@H]3CC(=O)[C@H](Cc5cccc(c5)CNC(=O)CO4)NC(=O)[C@@H](CCC(=O)CCCCC[N+](C)(C)C)NC(=O)[C@H](C)NC(=O)CCC(=O)NCc4ccc(cc4COCCCCCn4cc(c5cc(F)ccc54)C3)CCNC(=O)[C@]3(C)CCCN3C2=O)cc1.[CH3-]. The zero-order valence-corrected chi connectivity index (χ0v) is 67.1. The van der Waals surface area contributed by atoms with Gasteiger partial charge in [0, 0.05) is 107 Å². The average molecular weight is 1580 g/mol. The Morgan fingerprint density at radius 1 is 0.675 bits per heavy atom. The van der Waals surface area contributed by atoms with Gasteiger partial charge in [0.1, 0.15) is 59.7 Å². The van der Waals surface area contributed by atoms with E-state index < -0.39 is 144 Å². The molecule has 10 atom stereocenters. The van der Waals surface area contributed by atoms with E-state index in [9.17, 15) is 33.9 Å². The first-order valence-electron chi connectivity index (χ1n) is 39.8. The summed E-state index contributed by atoms with van der Waals surface area (Å²) in [6, 6.07) is 14.4. The summed E-state index contributed by atoms with van der Waals surface area (Å²) in [4.78, 5) is 181. The summed E-state index contributed by atoms with van der Waals surface area (Å²) in [7, 11) is 7.73. The van der Waals surface area contributed by atoms with Crippen molar-refractivity contribution in [1.82, 2.24) is 56.9 Å². The summed E-state index contributed by atoms with van der Waals surface area (Å²) >= 11 is 0. The van der Waals surface area contributed by atoms with Crippen molar-refractivity contribution >= 4 is 81.5 Å². The second kappa shape index (κ2) is 40.9. The molecule has 5 aliphatic heterocycles. The zero-order valence-electron chi connectivity index (χ0n) is 67.1. The second-order valence-electron chi connectivity index (χ2n) is 32.0. The number of unbranched alkanes of at least 4 members (excludes halogenated alkanes) is 2. The predicted molar refractivity (Wildman–Crippen MR) is 423 cm³/mol. The van der Waals surface area contributed by atoms with Crippen LogP contribution in [-0.4, -0.2) is 216 Å². The van der Waals surface area contributed by atoms with Gasteiger partial charge >= 0.3 is 0 Å². The van der Waals surface area contributed by atoms with E-state index in [2.05, 4.69) is 63.7 Å². The highest BCUT2D eigenvalue weighted by Crippen LogP contribution is 2.34. The number of benzene rings is 4. The highest BCUT2D eigenvalue weighted by Gasteiger charge is 2.50. The van der Waals surface area contributed by atoms with E-state index in [4.69, 9.17) is 14.2 Å². The van der Waals surface area contributed by atoms with Crippen LogP contribution in [-0.2, 0) is 119 Å². The molecule has 9 N–H and O–H groups in total. The number of rotatable bonds is 13. The number of aliphatic hydroxyl groups excluding tert-OH is 1. The fraction of sp³-hybridized carbons (Fsp3) is 0.541. The topological polar surface area (TPSA) is 360 Å². The Balaban J connectivity index is 0.0000149. The third kappa shape index (κ3) is 24.1. The number of carbonyl (C=O) groups excluding carboxylic acids is 12. The number of hydrogen-bond donors (Lipinski definition) is 9. The number of Topliss-reactive ketones (excluding diaryl/α,β-unsaturated/α-hetero) is 2. The average Bonchev–Trinajstić information content (AvgIpc) is 1.37. The Bertz CT molecular complexity index is 4280. The number of nitrogens with zero attached hydrogens (tertiary/aromatic N) is 4. The van der Waals surface area contributed by atoms with Gasteiger partial charge in [0.05, 0.1) is 59.7 Å². The van der Waals surface area contributed by atoms with Crippen molar-refractivity contribution in [3.63, 3.8) is 0 Å². The van der Waals surface area contributed by atoms with Gasteiger partial charge in [-0.05, 0) is 174 Å². The maximum atomic E-state index is 16.3. The highest BCUT2D eigenvalue weighted by molar-refractivity contribution is 6.00. The molecule has 4 aromatic carbocycles. The van der Waals surface area contributed by atoms with E-state index in [0.717, 1.165) is 35.0 Å². The minimum atomic E-state index is -1.84. The molecule has 28 nitrogen and oxygen atoms in total. The Hall–Kier alpha value is -9.97. The number of fused-ring (bicyclic) bond motifs is 13. The standard InChI is InChI=1S/C84H111FN12O16.CH3/c1-52-77(104)90-66(27-24-63(99)18-10-8-12-38-97(4,5)6)78(105)91-67-43-56-16-14-17-57(40-56)47-87-74(103)51-113-71-32-37-95-76(71)80(107)93-75(53(2)98)79(106)92-68(42-54-20-25-64(111-7)26-21-54)82(109)96-36-15-33-84(96,3)83(110)86-34-31-55-19-22-58(48-88-72(101)29-30-73(102)89-52)61(41-55)50-112-39-13-9-11-35-94-49-60(44-59(81(95)108)45-70(67)100)65-46-62(85)23-28-69(65)94;/h14,16-17,19-23,25-26,28,40-41,46,49,52-53,59,66-68,71,75-76,98H,8-13,15,18,24,27,29-39,42-45,47-48,50-51H2,1-7H3,(H7-,86,87,88,89,90,91,92,93,101,102,103,104,105,106,107,110);1H3/q;-1/p+1/t52-,53+,59+,66+,67-,68-,71-,75-,76-,84-;/m0./s1. The van der Waals surface area contributed by atoms with Crippen LogP contribution >= 0.6 is 0 Å². The van der Waals surface area contributed by atoms with E-state index in [1.54, 1.807) is 67.7 Å². The molecular formula is C85H115FN12O16. The predicted octanol–water partition coefficient (Wildman–Crippen LogP) is 4.75. The van der Waals surface area contributed by atoms with Crippen molar-refractivity contribution < 1.29 is 85.7 Å². The minimum Gasteiger partial charge on any atom is -0.497 e. The molecule has 5 aromatic rings. The van der Waals surface area contributed by atoms with Crippen LogP contribution in [0.25, 0.3) is 10.9 Å². The number of aliphatic hydroxyl groups is 1. The molecule has 10 amide bonds. The van der Waals surface area contributed by atoms with E-state index >= 15 is 33.2 Å². The normalized spacial score (nSPS) is 24.7.